The molecule has 0 bridgehead atoms. The fourth-order valence-electron chi connectivity index (χ4n) is 2.33. The number of anilines is 1. The summed E-state index contributed by atoms with van der Waals surface area (Å²) >= 11 is 5.68. The number of benzene rings is 1. The molecule has 2 N–H and O–H groups in total. The lowest BCUT2D eigenvalue weighted by atomic mass is 10.0. The SMILES string of the molecule is O=C(O)C1CCC(C(=O)Nc2c(F)cc(F)cc2Cl)C1. The first-order chi connectivity index (χ1) is 9.38. The van der Waals surface area contributed by atoms with Crippen molar-refractivity contribution in [1.82, 2.24) is 0 Å². The predicted molar refractivity (Wildman–Crippen MR) is 68.5 cm³/mol. The fourth-order valence-corrected chi connectivity index (χ4v) is 2.57. The van der Waals surface area contributed by atoms with Crippen LogP contribution in [0.25, 0.3) is 0 Å². The Kier molecular flexibility index (Phi) is 4.23. The molecule has 0 radical (unpaired) electrons. The maximum Gasteiger partial charge on any atom is 0.306 e. The number of carbonyl (C=O) groups is 2. The zero-order valence-corrected chi connectivity index (χ0v) is 11.1. The number of amides is 1. The van der Waals surface area contributed by atoms with Crippen LogP contribution in [-0.2, 0) is 9.59 Å². The summed E-state index contributed by atoms with van der Waals surface area (Å²) in [5.41, 5.74) is -0.281. The van der Waals surface area contributed by atoms with Gasteiger partial charge in [-0.15, -0.1) is 0 Å². The highest BCUT2D eigenvalue weighted by molar-refractivity contribution is 6.33. The summed E-state index contributed by atoms with van der Waals surface area (Å²) in [6.07, 6.45) is 1.04. The number of carboxylic acids is 1. The maximum atomic E-state index is 13.5. The third-order valence-corrected chi connectivity index (χ3v) is 3.71. The van der Waals surface area contributed by atoms with Gasteiger partial charge in [-0.3, -0.25) is 9.59 Å². The van der Waals surface area contributed by atoms with Gasteiger partial charge in [-0.05, 0) is 25.3 Å². The highest BCUT2D eigenvalue weighted by Crippen LogP contribution is 2.33. The lowest BCUT2D eigenvalue weighted by Crippen LogP contribution is -2.22. The molecule has 7 heteroatoms. The maximum absolute atomic E-state index is 13.5. The number of hydrogen-bond acceptors (Lipinski definition) is 2. The first-order valence-corrected chi connectivity index (χ1v) is 6.44. The van der Waals surface area contributed by atoms with Crippen molar-refractivity contribution in [2.75, 3.05) is 5.32 Å². The van der Waals surface area contributed by atoms with Crippen LogP contribution in [0.5, 0.6) is 0 Å². The van der Waals surface area contributed by atoms with Gasteiger partial charge in [0.25, 0.3) is 0 Å². The van der Waals surface area contributed by atoms with Crippen LogP contribution in [0.1, 0.15) is 19.3 Å². The Hall–Kier alpha value is -1.69. The van der Waals surface area contributed by atoms with Crippen LogP contribution >= 0.6 is 11.6 Å². The quantitative estimate of drug-likeness (QED) is 0.902. The molecule has 1 aliphatic rings. The van der Waals surface area contributed by atoms with E-state index in [1.807, 2.05) is 0 Å². The van der Waals surface area contributed by atoms with Gasteiger partial charge in [-0.1, -0.05) is 11.6 Å². The minimum Gasteiger partial charge on any atom is -0.481 e. The van der Waals surface area contributed by atoms with Crippen LogP contribution in [-0.4, -0.2) is 17.0 Å². The van der Waals surface area contributed by atoms with E-state index in [1.165, 1.54) is 0 Å². The molecule has 0 aliphatic heterocycles. The van der Waals surface area contributed by atoms with Crippen LogP contribution in [0.2, 0.25) is 5.02 Å². The first-order valence-electron chi connectivity index (χ1n) is 6.06. The van der Waals surface area contributed by atoms with Gasteiger partial charge in [0, 0.05) is 12.0 Å². The van der Waals surface area contributed by atoms with Gasteiger partial charge in [0.1, 0.15) is 5.82 Å². The molecule has 1 aromatic carbocycles. The number of rotatable bonds is 3. The van der Waals surface area contributed by atoms with Crippen molar-refractivity contribution in [3.8, 4) is 0 Å². The molecule has 1 aliphatic carbocycles. The van der Waals surface area contributed by atoms with Gasteiger partial charge < -0.3 is 10.4 Å². The van der Waals surface area contributed by atoms with E-state index in [0.717, 1.165) is 6.07 Å². The summed E-state index contributed by atoms with van der Waals surface area (Å²) in [5.74, 6) is -4.29. The zero-order chi connectivity index (χ0) is 14.9. The number of carbonyl (C=O) groups excluding carboxylic acids is 1. The highest BCUT2D eigenvalue weighted by Gasteiger charge is 2.34. The van der Waals surface area contributed by atoms with Crippen molar-refractivity contribution >= 4 is 29.2 Å². The molecule has 4 nitrogen and oxygen atoms in total. The largest absolute Gasteiger partial charge is 0.481 e. The normalized spacial score (nSPS) is 21.8. The Morgan fingerprint density at radius 1 is 1.25 bits per heavy atom. The Morgan fingerprint density at radius 2 is 1.90 bits per heavy atom. The molecule has 0 spiro atoms. The second kappa shape index (κ2) is 5.75. The van der Waals surface area contributed by atoms with Gasteiger partial charge in [0.05, 0.1) is 16.6 Å². The summed E-state index contributed by atoms with van der Waals surface area (Å²) in [5, 5.41) is 10.9. The lowest BCUT2D eigenvalue weighted by molar-refractivity contribution is -0.141. The van der Waals surface area contributed by atoms with E-state index in [9.17, 15) is 18.4 Å². The Bertz CT molecular complexity index is 542. The summed E-state index contributed by atoms with van der Waals surface area (Å²) in [4.78, 5) is 22.8. The van der Waals surface area contributed by atoms with Crippen molar-refractivity contribution in [2.24, 2.45) is 11.8 Å². The fraction of sp³-hybridized carbons (Fsp3) is 0.385. The molecule has 0 saturated heterocycles. The van der Waals surface area contributed by atoms with Crippen LogP contribution in [0.15, 0.2) is 12.1 Å². The minimum absolute atomic E-state index is 0.210. The predicted octanol–water partition coefficient (Wildman–Crippen LogP) is 3.06. The topological polar surface area (TPSA) is 66.4 Å². The molecule has 2 atom stereocenters. The molecule has 2 rings (SSSR count). The molecule has 2 unspecified atom stereocenters. The Morgan fingerprint density at radius 3 is 2.45 bits per heavy atom. The number of aliphatic carboxylic acids is 1. The molecule has 1 amide bonds. The summed E-state index contributed by atoms with van der Waals surface area (Å²) < 4.78 is 26.4. The first kappa shape index (κ1) is 14.7. The second-order valence-electron chi connectivity index (χ2n) is 4.78. The molecule has 1 aromatic rings. The number of carboxylic acid groups (broad SMARTS) is 1. The van der Waals surface area contributed by atoms with Crippen LogP contribution in [0, 0.1) is 23.5 Å². The molecule has 0 aromatic heterocycles. The van der Waals surface area contributed by atoms with E-state index in [4.69, 9.17) is 16.7 Å². The molecule has 1 saturated carbocycles. The van der Waals surface area contributed by atoms with E-state index < -0.39 is 35.3 Å². The molecular weight excluding hydrogens is 292 g/mol. The monoisotopic (exact) mass is 303 g/mol. The Labute approximate surface area is 118 Å². The van der Waals surface area contributed by atoms with Gasteiger partial charge in [-0.2, -0.15) is 0 Å². The summed E-state index contributed by atoms with van der Waals surface area (Å²) in [6, 6.07) is 1.52. The van der Waals surface area contributed by atoms with Crippen LogP contribution in [0.4, 0.5) is 14.5 Å². The highest BCUT2D eigenvalue weighted by atomic mass is 35.5. The summed E-state index contributed by atoms with van der Waals surface area (Å²) in [6.45, 7) is 0. The van der Waals surface area contributed by atoms with Crippen molar-refractivity contribution in [3.05, 3.63) is 28.8 Å². The third kappa shape index (κ3) is 3.07. The zero-order valence-electron chi connectivity index (χ0n) is 10.3. The molecular formula is C13H12ClF2NO3. The second-order valence-corrected chi connectivity index (χ2v) is 5.19. The van der Waals surface area contributed by atoms with Gasteiger partial charge in [0.15, 0.2) is 5.82 Å². The summed E-state index contributed by atoms with van der Waals surface area (Å²) in [7, 11) is 0. The van der Waals surface area contributed by atoms with Crippen LogP contribution in [0.3, 0.4) is 0 Å². The molecule has 20 heavy (non-hydrogen) atoms. The Balaban J connectivity index is 2.08. The standard InChI is InChI=1S/C13H12ClF2NO3/c14-9-4-8(15)5-10(16)11(9)17-12(18)6-1-2-7(3-6)13(19)20/h4-7H,1-3H2,(H,17,18)(H,19,20). The van der Waals surface area contributed by atoms with E-state index in [-0.39, 0.29) is 17.1 Å². The average molecular weight is 304 g/mol. The minimum atomic E-state index is -0.962. The lowest BCUT2D eigenvalue weighted by Gasteiger charge is -2.12. The van der Waals surface area contributed by atoms with E-state index in [1.54, 1.807) is 0 Å². The van der Waals surface area contributed by atoms with Crippen LogP contribution < -0.4 is 5.32 Å². The van der Waals surface area contributed by atoms with E-state index in [2.05, 4.69) is 5.32 Å². The third-order valence-electron chi connectivity index (χ3n) is 3.41. The number of nitrogens with one attached hydrogen (secondary N) is 1. The number of halogens is 3. The smallest absolute Gasteiger partial charge is 0.306 e. The van der Waals surface area contributed by atoms with E-state index in [0.29, 0.717) is 18.9 Å². The van der Waals surface area contributed by atoms with Crippen molar-refractivity contribution < 1.29 is 23.5 Å². The molecule has 1 fully saturated rings. The van der Waals surface area contributed by atoms with Crippen molar-refractivity contribution in [2.45, 2.75) is 19.3 Å². The molecule has 0 heterocycles. The van der Waals surface area contributed by atoms with Crippen molar-refractivity contribution in [1.29, 1.82) is 0 Å². The number of hydrogen-bond donors (Lipinski definition) is 2. The average Bonchev–Trinajstić information content (AvgIpc) is 2.83. The van der Waals surface area contributed by atoms with Gasteiger partial charge in [-0.25, -0.2) is 8.78 Å². The van der Waals surface area contributed by atoms with Gasteiger partial charge >= 0.3 is 5.97 Å². The van der Waals surface area contributed by atoms with Crippen molar-refractivity contribution in [3.63, 3.8) is 0 Å². The van der Waals surface area contributed by atoms with E-state index >= 15 is 0 Å². The van der Waals surface area contributed by atoms with Gasteiger partial charge in [0.2, 0.25) is 5.91 Å². The molecule has 108 valence electrons.